The van der Waals surface area contributed by atoms with Gasteiger partial charge in [-0.05, 0) is 32.9 Å². The van der Waals surface area contributed by atoms with E-state index in [2.05, 4.69) is 24.1 Å². The molecule has 0 aliphatic rings. The number of nitrogens with zero attached hydrogens (tertiary/aromatic N) is 1. The van der Waals surface area contributed by atoms with E-state index in [0.717, 1.165) is 16.4 Å². The molecule has 0 radical (unpaired) electrons. The fourth-order valence-electron chi connectivity index (χ4n) is 2.01. The first-order chi connectivity index (χ1) is 9.01. The quantitative estimate of drug-likeness (QED) is 0.895. The van der Waals surface area contributed by atoms with Crippen LogP contribution < -0.4 is 10.1 Å². The van der Waals surface area contributed by atoms with E-state index in [1.54, 1.807) is 18.4 Å². The van der Waals surface area contributed by atoms with Crippen molar-refractivity contribution in [1.82, 2.24) is 4.98 Å². The summed E-state index contributed by atoms with van der Waals surface area (Å²) >= 11 is 7.74. The van der Waals surface area contributed by atoms with Gasteiger partial charge < -0.3 is 10.1 Å². The molecule has 0 amide bonds. The van der Waals surface area contributed by atoms with Crippen LogP contribution in [0.1, 0.15) is 28.5 Å². The highest BCUT2D eigenvalue weighted by Gasteiger charge is 2.13. The second-order valence-electron chi connectivity index (χ2n) is 4.39. The lowest BCUT2D eigenvalue weighted by atomic mass is 10.2. The molecule has 1 N–H and O–H groups in total. The van der Waals surface area contributed by atoms with Crippen LogP contribution >= 0.6 is 22.9 Å². The molecule has 0 saturated carbocycles. The van der Waals surface area contributed by atoms with Gasteiger partial charge in [0.1, 0.15) is 5.75 Å². The van der Waals surface area contributed by atoms with Crippen LogP contribution in [0, 0.1) is 13.8 Å². The molecule has 2 aromatic rings. The number of rotatable bonds is 4. The fraction of sp³-hybridized carbons (Fsp3) is 0.357. The molecular formula is C14H17ClN2OS. The van der Waals surface area contributed by atoms with Gasteiger partial charge in [-0.2, -0.15) is 0 Å². The first kappa shape index (κ1) is 14.2. The highest BCUT2D eigenvalue weighted by atomic mass is 35.5. The summed E-state index contributed by atoms with van der Waals surface area (Å²) in [5, 5.41) is 5.12. The van der Waals surface area contributed by atoms with E-state index in [1.165, 1.54) is 4.88 Å². The Morgan fingerprint density at radius 3 is 2.68 bits per heavy atom. The van der Waals surface area contributed by atoms with Crippen molar-refractivity contribution in [1.29, 1.82) is 0 Å². The van der Waals surface area contributed by atoms with Gasteiger partial charge in [0.25, 0.3) is 0 Å². The lowest BCUT2D eigenvalue weighted by Gasteiger charge is -2.15. The van der Waals surface area contributed by atoms with Gasteiger partial charge in [0.15, 0.2) is 0 Å². The minimum atomic E-state index is 0.149. The van der Waals surface area contributed by atoms with Crippen molar-refractivity contribution >= 4 is 28.6 Å². The maximum absolute atomic E-state index is 6.01. The fourth-order valence-corrected chi connectivity index (χ4v) is 3.12. The van der Waals surface area contributed by atoms with Crippen molar-refractivity contribution < 1.29 is 4.74 Å². The van der Waals surface area contributed by atoms with Crippen molar-refractivity contribution in [2.24, 2.45) is 0 Å². The molecule has 0 aliphatic carbocycles. The predicted molar refractivity (Wildman–Crippen MR) is 81.6 cm³/mol. The van der Waals surface area contributed by atoms with Crippen LogP contribution in [0.2, 0.25) is 5.02 Å². The van der Waals surface area contributed by atoms with Gasteiger partial charge in [-0.3, -0.25) is 0 Å². The summed E-state index contributed by atoms with van der Waals surface area (Å²) in [6.07, 6.45) is 0. The SMILES string of the molecule is COc1cc(NC(C)c2nc(C)sc2C)ccc1Cl. The minimum Gasteiger partial charge on any atom is -0.495 e. The molecule has 1 heterocycles. The van der Waals surface area contributed by atoms with Gasteiger partial charge in [-0.25, -0.2) is 4.98 Å². The smallest absolute Gasteiger partial charge is 0.139 e. The second-order valence-corrected chi connectivity index (χ2v) is 6.20. The maximum atomic E-state index is 6.01. The third-order valence-electron chi connectivity index (χ3n) is 2.88. The zero-order valence-corrected chi connectivity index (χ0v) is 13.0. The van der Waals surface area contributed by atoms with Gasteiger partial charge in [0.05, 0.1) is 28.9 Å². The highest BCUT2D eigenvalue weighted by Crippen LogP contribution is 2.30. The minimum absolute atomic E-state index is 0.149. The second kappa shape index (κ2) is 5.80. The summed E-state index contributed by atoms with van der Waals surface area (Å²) in [5.41, 5.74) is 2.07. The number of benzene rings is 1. The predicted octanol–water partition coefficient (Wildman–Crippen LogP) is 4.60. The Kier molecular flexibility index (Phi) is 4.32. The number of methoxy groups -OCH3 is 1. The van der Waals surface area contributed by atoms with Crippen LogP contribution in [0.15, 0.2) is 18.2 Å². The zero-order chi connectivity index (χ0) is 14.0. The van der Waals surface area contributed by atoms with E-state index in [1.807, 2.05) is 25.1 Å². The van der Waals surface area contributed by atoms with Crippen molar-refractivity contribution in [2.45, 2.75) is 26.8 Å². The molecule has 0 spiro atoms. The topological polar surface area (TPSA) is 34.1 Å². The molecule has 19 heavy (non-hydrogen) atoms. The summed E-state index contributed by atoms with van der Waals surface area (Å²) in [7, 11) is 1.61. The molecule has 3 nitrogen and oxygen atoms in total. The Hall–Kier alpha value is -1.26. The summed E-state index contributed by atoms with van der Waals surface area (Å²) in [6, 6.07) is 5.81. The van der Waals surface area contributed by atoms with Gasteiger partial charge in [0.2, 0.25) is 0 Å². The van der Waals surface area contributed by atoms with E-state index < -0.39 is 0 Å². The van der Waals surface area contributed by atoms with Crippen LogP contribution in [0.3, 0.4) is 0 Å². The van der Waals surface area contributed by atoms with E-state index in [9.17, 15) is 0 Å². The van der Waals surface area contributed by atoms with E-state index in [-0.39, 0.29) is 6.04 Å². The van der Waals surface area contributed by atoms with Crippen LogP contribution in [0.5, 0.6) is 5.75 Å². The molecule has 0 saturated heterocycles. The van der Waals surface area contributed by atoms with Crippen LogP contribution in [-0.2, 0) is 0 Å². The van der Waals surface area contributed by atoms with Crippen molar-refractivity contribution in [3.05, 3.63) is 38.8 Å². The third kappa shape index (κ3) is 3.19. The van der Waals surface area contributed by atoms with E-state index >= 15 is 0 Å². The third-order valence-corrected chi connectivity index (χ3v) is 4.10. The molecule has 1 unspecified atom stereocenters. The number of hydrogen-bond acceptors (Lipinski definition) is 4. The average Bonchev–Trinajstić information content (AvgIpc) is 2.71. The Labute approximate surface area is 122 Å². The van der Waals surface area contributed by atoms with Crippen molar-refractivity contribution in [2.75, 3.05) is 12.4 Å². The normalized spacial score (nSPS) is 12.3. The van der Waals surface area contributed by atoms with Gasteiger partial charge >= 0.3 is 0 Å². The number of anilines is 1. The lowest BCUT2D eigenvalue weighted by Crippen LogP contribution is -2.08. The molecular weight excluding hydrogens is 280 g/mol. The molecule has 0 fully saturated rings. The first-order valence-corrected chi connectivity index (χ1v) is 7.24. The van der Waals surface area contributed by atoms with Crippen LogP contribution in [0.25, 0.3) is 0 Å². The van der Waals surface area contributed by atoms with Crippen molar-refractivity contribution in [3.8, 4) is 5.75 Å². The van der Waals surface area contributed by atoms with Gasteiger partial charge in [0, 0.05) is 16.6 Å². The molecule has 0 aliphatic heterocycles. The summed E-state index contributed by atoms with van der Waals surface area (Å²) in [6.45, 7) is 6.22. The molecule has 0 bridgehead atoms. The highest BCUT2D eigenvalue weighted by molar-refractivity contribution is 7.11. The Balaban J connectivity index is 2.19. The molecule has 1 aromatic heterocycles. The maximum Gasteiger partial charge on any atom is 0.139 e. The number of aromatic nitrogens is 1. The van der Waals surface area contributed by atoms with Gasteiger partial charge in [-0.1, -0.05) is 11.6 Å². The molecule has 2 rings (SSSR count). The number of hydrogen-bond donors (Lipinski definition) is 1. The number of aryl methyl sites for hydroxylation is 2. The standard InChI is InChI=1S/C14H17ClN2OS/c1-8(14-9(2)19-10(3)17-14)16-11-5-6-12(15)13(7-11)18-4/h5-8,16H,1-4H3. The van der Waals surface area contributed by atoms with Crippen LogP contribution in [-0.4, -0.2) is 12.1 Å². The lowest BCUT2D eigenvalue weighted by molar-refractivity contribution is 0.415. The van der Waals surface area contributed by atoms with Crippen molar-refractivity contribution in [3.63, 3.8) is 0 Å². The average molecular weight is 297 g/mol. The number of nitrogens with one attached hydrogen (secondary N) is 1. The summed E-state index contributed by atoms with van der Waals surface area (Å²) in [5.74, 6) is 0.671. The Bertz CT molecular complexity index is 583. The number of ether oxygens (including phenoxy) is 1. The Morgan fingerprint density at radius 1 is 1.37 bits per heavy atom. The Morgan fingerprint density at radius 2 is 2.11 bits per heavy atom. The summed E-state index contributed by atoms with van der Waals surface area (Å²) in [4.78, 5) is 5.81. The number of halogens is 1. The largest absolute Gasteiger partial charge is 0.495 e. The van der Waals surface area contributed by atoms with E-state index in [4.69, 9.17) is 16.3 Å². The first-order valence-electron chi connectivity index (χ1n) is 6.05. The monoisotopic (exact) mass is 296 g/mol. The molecule has 1 aromatic carbocycles. The molecule has 102 valence electrons. The molecule has 1 atom stereocenters. The summed E-state index contributed by atoms with van der Waals surface area (Å²) < 4.78 is 5.22. The van der Waals surface area contributed by atoms with E-state index in [0.29, 0.717) is 10.8 Å². The number of thiazole rings is 1. The zero-order valence-electron chi connectivity index (χ0n) is 11.5. The van der Waals surface area contributed by atoms with Gasteiger partial charge in [-0.15, -0.1) is 11.3 Å². The molecule has 5 heteroatoms. The van der Waals surface area contributed by atoms with Crippen LogP contribution in [0.4, 0.5) is 5.69 Å².